The molecule has 0 aliphatic carbocycles. The molecule has 0 saturated carbocycles. The lowest BCUT2D eigenvalue weighted by Crippen LogP contribution is -2.47. The second-order valence-corrected chi connectivity index (χ2v) is 5.71. The van der Waals surface area contributed by atoms with Gasteiger partial charge in [-0.25, -0.2) is 0 Å². The van der Waals surface area contributed by atoms with Gasteiger partial charge in [-0.3, -0.25) is 19.3 Å². The molecule has 2 rings (SSSR count). The van der Waals surface area contributed by atoms with Crippen molar-refractivity contribution in [2.75, 3.05) is 7.05 Å². The van der Waals surface area contributed by atoms with Crippen LogP contribution in [0.25, 0.3) is 0 Å². The van der Waals surface area contributed by atoms with Crippen LogP contribution in [-0.4, -0.2) is 35.7 Å². The van der Waals surface area contributed by atoms with Crippen LogP contribution in [0.15, 0.2) is 30.3 Å². The van der Waals surface area contributed by atoms with Gasteiger partial charge in [-0.1, -0.05) is 44.2 Å². The lowest BCUT2D eigenvalue weighted by atomic mass is 9.97. The van der Waals surface area contributed by atoms with Crippen LogP contribution in [-0.2, 0) is 20.8 Å². The SMILES string of the molecule is CC(C)[C@@H]1NC(=O)[C@H](Cc2ccccc2)C(=O)N(C)C1=O. The van der Waals surface area contributed by atoms with Gasteiger partial charge in [0.15, 0.2) is 0 Å². The normalized spacial score (nSPS) is 23.2. The average Bonchev–Trinajstić information content (AvgIpc) is 2.54. The van der Waals surface area contributed by atoms with Crippen LogP contribution in [0.5, 0.6) is 0 Å². The van der Waals surface area contributed by atoms with Crippen molar-refractivity contribution in [3.05, 3.63) is 35.9 Å². The summed E-state index contributed by atoms with van der Waals surface area (Å²) >= 11 is 0. The molecule has 112 valence electrons. The van der Waals surface area contributed by atoms with Gasteiger partial charge in [0.2, 0.25) is 11.8 Å². The zero-order valence-electron chi connectivity index (χ0n) is 12.5. The minimum Gasteiger partial charge on any atom is -0.343 e. The number of amides is 3. The third-order valence-corrected chi connectivity index (χ3v) is 3.79. The Morgan fingerprint density at radius 3 is 2.29 bits per heavy atom. The van der Waals surface area contributed by atoms with Crippen LogP contribution in [0.4, 0.5) is 0 Å². The monoisotopic (exact) mass is 288 g/mol. The second-order valence-electron chi connectivity index (χ2n) is 5.71. The van der Waals surface area contributed by atoms with Gasteiger partial charge in [0.05, 0.1) is 0 Å². The van der Waals surface area contributed by atoms with Crippen LogP contribution >= 0.6 is 0 Å². The zero-order valence-corrected chi connectivity index (χ0v) is 12.5. The van der Waals surface area contributed by atoms with Gasteiger partial charge in [-0.15, -0.1) is 0 Å². The van der Waals surface area contributed by atoms with Crippen molar-refractivity contribution < 1.29 is 14.4 Å². The number of imide groups is 1. The third-order valence-electron chi connectivity index (χ3n) is 3.79. The van der Waals surface area contributed by atoms with Crippen molar-refractivity contribution in [1.29, 1.82) is 0 Å². The zero-order chi connectivity index (χ0) is 15.6. The van der Waals surface area contributed by atoms with Crippen LogP contribution in [0.3, 0.4) is 0 Å². The molecule has 1 aliphatic heterocycles. The van der Waals surface area contributed by atoms with E-state index in [1.807, 2.05) is 44.2 Å². The fourth-order valence-corrected chi connectivity index (χ4v) is 2.46. The number of benzene rings is 1. The van der Waals surface area contributed by atoms with Crippen LogP contribution < -0.4 is 5.32 Å². The van der Waals surface area contributed by atoms with E-state index in [1.165, 1.54) is 7.05 Å². The van der Waals surface area contributed by atoms with Gasteiger partial charge >= 0.3 is 0 Å². The van der Waals surface area contributed by atoms with Crippen molar-refractivity contribution in [3.8, 4) is 0 Å². The quantitative estimate of drug-likeness (QED) is 0.666. The maximum atomic E-state index is 12.4. The van der Waals surface area contributed by atoms with E-state index < -0.39 is 17.9 Å². The molecule has 3 amide bonds. The topological polar surface area (TPSA) is 66.5 Å². The van der Waals surface area contributed by atoms with E-state index >= 15 is 0 Å². The van der Waals surface area contributed by atoms with Crippen molar-refractivity contribution >= 4 is 17.7 Å². The first-order valence-electron chi connectivity index (χ1n) is 7.07. The molecular formula is C16H20N2O3. The molecule has 1 aromatic carbocycles. The van der Waals surface area contributed by atoms with Gasteiger partial charge < -0.3 is 5.32 Å². The molecule has 1 heterocycles. The number of hydrogen-bond acceptors (Lipinski definition) is 3. The highest BCUT2D eigenvalue weighted by Crippen LogP contribution is 2.18. The highest BCUT2D eigenvalue weighted by molar-refractivity contribution is 6.11. The number of carbonyl (C=O) groups excluding carboxylic acids is 3. The van der Waals surface area contributed by atoms with Crippen molar-refractivity contribution in [3.63, 3.8) is 0 Å². The Morgan fingerprint density at radius 2 is 1.71 bits per heavy atom. The number of hydrogen-bond donors (Lipinski definition) is 1. The maximum Gasteiger partial charge on any atom is 0.251 e. The summed E-state index contributed by atoms with van der Waals surface area (Å²) in [6.45, 7) is 3.69. The molecule has 0 aromatic heterocycles. The molecule has 0 unspecified atom stereocenters. The Morgan fingerprint density at radius 1 is 1.10 bits per heavy atom. The summed E-state index contributed by atoms with van der Waals surface area (Å²) < 4.78 is 0. The number of carbonyl (C=O) groups is 3. The van der Waals surface area contributed by atoms with Gasteiger partial charge in [-0.2, -0.15) is 0 Å². The van der Waals surface area contributed by atoms with Gasteiger partial charge in [0.25, 0.3) is 5.91 Å². The van der Waals surface area contributed by atoms with Crippen LogP contribution in [0.1, 0.15) is 19.4 Å². The fourth-order valence-electron chi connectivity index (χ4n) is 2.46. The van der Waals surface area contributed by atoms with E-state index in [4.69, 9.17) is 0 Å². The standard InChI is InChI=1S/C16H20N2O3/c1-10(2)13-16(21)18(3)15(20)12(14(19)17-13)9-11-7-5-4-6-8-11/h4-8,10,12-13H,9H2,1-3H3,(H,17,19)/t12-,13-/m0/s1. The second kappa shape index (κ2) is 6.08. The van der Waals surface area contributed by atoms with Gasteiger partial charge in [0, 0.05) is 7.05 Å². The first-order valence-corrected chi connectivity index (χ1v) is 7.07. The van der Waals surface area contributed by atoms with E-state index in [1.54, 1.807) is 0 Å². The Hall–Kier alpha value is -2.17. The molecule has 5 nitrogen and oxygen atoms in total. The molecule has 5 heteroatoms. The predicted molar refractivity (Wildman–Crippen MR) is 78.2 cm³/mol. The number of likely N-dealkylation sites (N-methyl/N-ethyl adjacent to an activating group) is 1. The molecule has 2 atom stereocenters. The van der Waals surface area contributed by atoms with E-state index in [2.05, 4.69) is 5.32 Å². The molecule has 0 spiro atoms. The maximum absolute atomic E-state index is 12.4. The molecular weight excluding hydrogens is 268 g/mol. The highest BCUT2D eigenvalue weighted by Gasteiger charge is 2.40. The summed E-state index contributed by atoms with van der Waals surface area (Å²) in [6, 6.07) is 8.69. The molecule has 0 bridgehead atoms. The van der Waals surface area contributed by atoms with Crippen molar-refractivity contribution in [2.45, 2.75) is 26.3 Å². The summed E-state index contributed by atoms with van der Waals surface area (Å²) in [4.78, 5) is 38.0. The lowest BCUT2D eigenvalue weighted by molar-refractivity contribution is -0.146. The summed E-state index contributed by atoms with van der Waals surface area (Å²) in [5, 5.41) is 2.71. The predicted octanol–water partition coefficient (Wildman–Crippen LogP) is 0.985. The lowest BCUT2D eigenvalue weighted by Gasteiger charge is -2.21. The van der Waals surface area contributed by atoms with Crippen molar-refractivity contribution in [2.24, 2.45) is 11.8 Å². The minimum absolute atomic E-state index is 0.0628. The summed E-state index contributed by atoms with van der Waals surface area (Å²) in [5.74, 6) is -2.08. The molecule has 1 saturated heterocycles. The smallest absolute Gasteiger partial charge is 0.251 e. The average molecular weight is 288 g/mol. The Kier molecular flexibility index (Phi) is 4.40. The first-order chi connectivity index (χ1) is 9.91. The van der Waals surface area contributed by atoms with E-state index in [0.717, 1.165) is 10.5 Å². The van der Waals surface area contributed by atoms with Gasteiger partial charge in [0.1, 0.15) is 12.0 Å². The molecule has 1 aromatic rings. The molecule has 1 fully saturated rings. The van der Waals surface area contributed by atoms with E-state index in [-0.39, 0.29) is 17.7 Å². The fraction of sp³-hybridized carbons (Fsp3) is 0.438. The number of rotatable bonds is 3. The Labute approximate surface area is 124 Å². The molecule has 0 radical (unpaired) electrons. The third kappa shape index (κ3) is 3.12. The van der Waals surface area contributed by atoms with Crippen molar-refractivity contribution in [1.82, 2.24) is 10.2 Å². The highest BCUT2D eigenvalue weighted by atomic mass is 16.2. The number of nitrogens with zero attached hydrogens (tertiary/aromatic N) is 1. The Balaban J connectivity index is 2.27. The van der Waals surface area contributed by atoms with Gasteiger partial charge in [-0.05, 0) is 17.9 Å². The summed E-state index contributed by atoms with van der Waals surface area (Å²) in [7, 11) is 1.44. The Bertz CT molecular complexity index is 554. The van der Waals surface area contributed by atoms with Crippen LogP contribution in [0.2, 0.25) is 0 Å². The van der Waals surface area contributed by atoms with Crippen LogP contribution in [0, 0.1) is 11.8 Å². The molecule has 21 heavy (non-hydrogen) atoms. The van der Waals surface area contributed by atoms with E-state index in [9.17, 15) is 14.4 Å². The summed E-state index contributed by atoms with van der Waals surface area (Å²) in [6.07, 6.45) is 0.300. The molecule has 1 aliphatic rings. The first kappa shape index (κ1) is 15.2. The summed E-state index contributed by atoms with van der Waals surface area (Å²) in [5.41, 5.74) is 0.898. The largest absolute Gasteiger partial charge is 0.343 e. The van der Waals surface area contributed by atoms with E-state index in [0.29, 0.717) is 6.42 Å². The molecule has 1 N–H and O–H groups in total. The number of nitrogens with one attached hydrogen (secondary N) is 1. The minimum atomic E-state index is -0.856.